The third-order valence-corrected chi connectivity index (χ3v) is 12.9. The van der Waals surface area contributed by atoms with Gasteiger partial charge in [0.2, 0.25) is 23.6 Å². The first-order valence-electron chi connectivity index (χ1n) is 18.7. The number of rotatable bonds is 15. The van der Waals surface area contributed by atoms with Crippen molar-refractivity contribution in [3.05, 3.63) is 23.8 Å². The summed E-state index contributed by atoms with van der Waals surface area (Å²) in [6.45, 7) is 2.98. The van der Waals surface area contributed by atoms with Crippen molar-refractivity contribution < 1.29 is 29.0 Å². The van der Waals surface area contributed by atoms with Gasteiger partial charge < -0.3 is 14.7 Å². The fourth-order valence-corrected chi connectivity index (χ4v) is 10.2. The normalized spacial score (nSPS) is 22.7. The number of unbranched alkanes of at least 4 members (excludes halogenated alkanes) is 2. The number of amides is 4. The fourth-order valence-electron chi connectivity index (χ4n) is 9.04. The first kappa shape index (κ1) is 35.4. The first-order valence-corrected chi connectivity index (χ1v) is 19.7. The van der Waals surface area contributed by atoms with Crippen molar-refractivity contribution in [2.45, 2.75) is 127 Å². The maximum atomic E-state index is 12.9. The Labute approximate surface area is 290 Å². The summed E-state index contributed by atoms with van der Waals surface area (Å²) < 4.78 is 6.14. The number of piperidine rings is 2. The predicted molar refractivity (Wildman–Crippen MR) is 186 cm³/mol. The minimum Gasteiger partial charge on any atom is -0.490 e. The van der Waals surface area contributed by atoms with Crippen molar-refractivity contribution in [2.75, 3.05) is 45.1 Å². The molecule has 1 unspecified atom stereocenters. The molecule has 5 aliphatic rings. The summed E-state index contributed by atoms with van der Waals surface area (Å²) in [7, 11) is 0. The van der Waals surface area contributed by atoms with E-state index in [9.17, 15) is 24.3 Å². The highest BCUT2D eigenvalue weighted by atomic mass is 32.2. The van der Waals surface area contributed by atoms with Gasteiger partial charge in [-0.05, 0) is 106 Å². The van der Waals surface area contributed by atoms with Crippen LogP contribution in [0.25, 0.3) is 0 Å². The second-order valence-corrected chi connectivity index (χ2v) is 16.5. The van der Waals surface area contributed by atoms with E-state index in [2.05, 4.69) is 11.0 Å². The summed E-state index contributed by atoms with van der Waals surface area (Å²) in [5.74, 6) is 1.86. The number of likely N-dealkylation sites (tertiary alicyclic amines) is 2. The lowest BCUT2D eigenvalue weighted by atomic mass is 9.76. The molecular weight excluding hydrogens is 627 g/mol. The van der Waals surface area contributed by atoms with Crippen LogP contribution in [0.15, 0.2) is 23.1 Å². The number of aliphatic hydroxyl groups excluding tert-OH is 1. The van der Waals surface area contributed by atoms with E-state index in [0.29, 0.717) is 45.3 Å². The molecule has 0 aromatic heterocycles. The Hall–Kier alpha value is -2.43. The molecule has 2 aliphatic carbocycles. The maximum absolute atomic E-state index is 12.9. The predicted octanol–water partition coefficient (Wildman–Crippen LogP) is 5.75. The monoisotopic (exact) mass is 681 g/mol. The first-order chi connectivity index (χ1) is 23.2. The summed E-state index contributed by atoms with van der Waals surface area (Å²) in [6, 6.07) is 6.16. The molecule has 10 heteroatoms. The SMILES string of the molecule is O=C1CC2(CCCC2)CC(=O)N1CCCCN(CCCCN1C(=O)CC2(CCCC2)CC1=O)CC(O)COc1cccc2c1SCCC2. The quantitative estimate of drug-likeness (QED) is 0.184. The molecule has 4 fully saturated rings. The molecule has 4 amide bonds. The minimum absolute atomic E-state index is 0.0144. The van der Waals surface area contributed by atoms with Crippen molar-refractivity contribution in [2.24, 2.45) is 10.8 Å². The highest BCUT2D eigenvalue weighted by molar-refractivity contribution is 7.99. The number of carbonyl (C=O) groups excluding carboxylic acids is 4. The Kier molecular flexibility index (Phi) is 11.8. The van der Waals surface area contributed by atoms with Gasteiger partial charge in [-0.25, -0.2) is 0 Å². The molecule has 2 spiro atoms. The smallest absolute Gasteiger partial charge is 0.229 e. The number of fused-ring (bicyclic) bond motifs is 1. The van der Waals surface area contributed by atoms with Gasteiger partial charge in [0.05, 0.1) is 4.90 Å². The third kappa shape index (κ3) is 8.64. The van der Waals surface area contributed by atoms with Crippen LogP contribution >= 0.6 is 11.8 Å². The molecule has 1 aromatic rings. The molecule has 9 nitrogen and oxygen atoms in total. The standard InChI is InChI=1S/C38H55N3O6S/c42-30(28-47-31-13-9-11-29-12-10-22-48-36(29)31)27-39(18-5-7-20-40-32(43)23-37(24-33(40)44)14-1-2-15-37)19-6-8-21-41-34(45)25-38(26-35(41)46)16-3-4-17-38/h9,11,13,30,42H,1-8,10,12,14-28H2. The van der Waals surface area contributed by atoms with Crippen molar-refractivity contribution in [3.63, 3.8) is 0 Å². The van der Waals surface area contributed by atoms with E-state index in [1.54, 1.807) is 0 Å². The molecule has 48 heavy (non-hydrogen) atoms. The summed E-state index contributed by atoms with van der Waals surface area (Å²) in [5, 5.41) is 11.1. The van der Waals surface area contributed by atoms with Crippen LogP contribution in [0, 0.1) is 10.8 Å². The van der Waals surface area contributed by atoms with E-state index in [1.807, 2.05) is 23.9 Å². The number of carbonyl (C=O) groups is 4. The number of ether oxygens (including phenoxy) is 1. The zero-order chi connectivity index (χ0) is 33.6. The summed E-state index contributed by atoms with van der Waals surface area (Å²) in [5.41, 5.74) is 1.14. The van der Waals surface area contributed by atoms with Crippen molar-refractivity contribution in [1.82, 2.24) is 14.7 Å². The maximum Gasteiger partial charge on any atom is 0.229 e. The Bertz CT molecular complexity index is 1220. The minimum atomic E-state index is -0.685. The van der Waals surface area contributed by atoms with Gasteiger partial charge in [-0.2, -0.15) is 0 Å². The molecule has 6 rings (SSSR count). The van der Waals surface area contributed by atoms with E-state index < -0.39 is 6.10 Å². The summed E-state index contributed by atoms with van der Waals surface area (Å²) in [4.78, 5) is 58.1. The van der Waals surface area contributed by atoms with E-state index in [1.165, 1.54) is 26.7 Å². The van der Waals surface area contributed by atoms with Crippen LogP contribution in [0.4, 0.5) is 0 Å². The number of aliphatic hydroxyl groups is 1. The van der Waals surface area contributed by atoms with Gasteiger partial charge in [0.1, 0.15) is 18.5 Å². The number of benzene rings is 1. The van der Waals surface area contributed by atoms with Crippen molar-refractivity contribution in [1.29, 1.82) is 0 Å². The highest BCUT2D eigenvalue weighted by Crippen LogP contribution is 2.48. The Morgan fingerprint density at radius 1 is 0.750 bits per heavy atom. The third-order valence-electron chi connectivity index (χ3n) is 11.6. The molecule has 264 valence electrons. The Balaban J connectivity index is 0.985. The lowest BCUT2D eigenvalue weighted by Crippen LogP contribution is -2.47. The van der Waals surface area contributed by atoms with Crippen LogP contribution in [0.1, 0.15) is 115 Å². The van der Waals surface area contributed by atoms with Crippen LogP contribution in [-0.4, -0.2) is 94.6 Å². The van der Waals surface area contributed by atoms with Crippen LogP contribution in [0.3, 0.4) is 0 Å². The van der Waals surface area contributed by atoms with Crippen molar-refractivity contribution >= 4 is 35.4 Å². The number of nitrogens with zero attached hydrogens (tertiary/aromatic N) is 3. The largest absolute Gasteiger partial charge is 0.490 e. The molecule has 1 atom stereocenters. The molecule has 0 radical (unpaired) electrons. The van der Waals surface area contributed by atoms with Gasteiger partial charge in [-0.1, -0.05) is 37.8 Å². The van der Waals surface area contributed by atoms with Crippen LogP contribution < -0.4 is 4.74 Å². The number of hydrogen-bond donors (Lipinski definition) is 1. The average molecular weight is 682 g/mol. The number of thioether (sulfide) groups is 1. The van der Waals surface area contributed by atoms with Crippen LogP contribution in [-0.2, 0) is 25.6 Å². The molecular formula is C38H55N3O6S. The molecule has 2 saturated carbocycles. The number of aryl methyl sites for hydroxylation is 1. The summed E-state index contributed by atoms with van der Waals surface area (Å²) in [6.07, 6.45) is 15.0. The summed E-state index contributed by atoms with van der Waals surface area (Å²) >= 11 is 1.82. The van der Waals surface area contributed by atoms with E-state index >= 15 is 0 Å². The fraction of sp³-hybridized carbons (Fsp3) is 0.737. The molecule has 2 saturated heterocycles. The van der Waals surface area contributed by atoms with Gasteiger partial charge in [-0.15, -0.1) is 11.8 Å². The van der Waals surface area contributed by atoms with Crippen LogP contribution in [0.5, 0.6) is 5.75 Å². The highest BCUT2D eigenvalue weighted by Gasteiger charge is 2.46. The average Bonchev–Trinajstić information content (AvgIpc) is 3.71. The van der Waals surface area contributed by atoms with Crippen LogP contribution in [0.2, 0.25) is 0 Å². The second-order valence-electron chi connectivity index (χ2n) is 15.4. The molecule has 3 aliphatic heterocycles. The lowest BCUT2D eigenvalue weighted by Gasteiger charge is -2.37. The van der Waals surface area contributed by atoms with Gasteiger partial charge in [0, 0.05) is 45.3 Å². The van der Waals surface area contributed by atoms with Gasteiger partial charge in [0.15, 0.2) is 0 Å². The molecule has 1 aromatic carbocycles. The van der Waals surface area contributed by atoms with E-state index in [-0.39, 0.29) is 41.1 Å². The van der Waals surface area contributed by atoms with Gasteiger partial charge in [-0.3, -0.25) is 29.0 Å². The van der Waals surface area contributed by atoms with Crippen molar-refractivity contribution in [3.8, 4) is 5.75 Å². The Morgan fingerprint density at radius 2 is 1.27 bits per heavy atom. The lowest BCUT2D eigenvalue weighted by molar-refractivity contribution is -0.155. The zero-order valence-corrected chi connectivity index (χ0v) is 29.5. The van der Waals surface area contributed by atoms with E-state index in [4.69, 9.17) is 4.74 Å². The zero-order valence-electron chi connectivity index (χ0n) is 28.7. The molecule has 3 heterocycles. The molecule has 0 bridgehead atoms. The molecule has 1 N–H and O–H groups in total. The van der Waals surface area contributed by atoms with E-state index in [0.717, 1.165) is 108 Å². The number of imide groups is 2. The Morgan fingerprint density at radius 3 is 1.79 bits per heavy atom. The second kappa shape index (κ2) is 16.1. The topological polar surface area (TPSA) is 107 Å². The number of hydrogen-bond acceptors (Lipinski definition) is 8. The van der Waals surface area contributed by atoms with Gasteiger partial charge >= 0.3 is 0 Å². The van der Waals surface area contributed by atoms with Gasteiger partial charge in [0.25, 0.3) is 0 Å².